The monoisotopic (exact) mass is 260 g/mol. The Morgan fingerprint density at radius 3 is 2.28 bits per heavy atom. The maximum absolute atomic E-state index is 11.4. The highest BCUT2D eigenvalue weighted by molar-refractivity contribution is 5.86. The Kier molecular flexibility index (Phi) is 6.96. The van der Waals surface area contributed by atoms with Crippen LogP contribution in [0.4, 0.5) is 0 Å². The molecule has 0 rings (SSSR count). The molecule has 0 aliphatic carbocycles. The molecule has 4 N–H and O–H groups in total. The Morgan fingerprint density at radius 2 is 1.83 bits per heavy atom. The lowest BCUT2D eigenvalue weighted by Gasteiger charge is -2.15. The average molecular weight is 260 g/mol. The van der Waals surface area contributed by atoms with Crippen molar-refractivity contribution in [3.8, 4) is 0 Å². The van der Waals surface area contributed by atoms with E-state index >= 15 is 0 Å². The SMILES string of the molecule is CC(C)OC(=O)C(C)CNC(=O)[C@H](N)CC(=O)O. The van der Waals surface area contributed by atoms with Crippen LogP contribution in [0.5, 0.6) is 0 Å². The molecule has 0 heterocycles. The van der Waals surface area contributed by atoms with Crippen molar-refractivity contribution in [2.45, 2.75) is 39.3 Å². The van der Waals surface area contributed by atoms with Gasteiger partial charge in [-0.3, -0.25) is 14.4 Å². The summed E-state index contributed by atoms with van der Waals surface area (Å²) in [5.74, 6) is -2.67. The Balaban J connectivity index is 4.04. The molecule has 1 unspecified atom stereocenters. The lowest BCUT2D eigenvalue weighted by Crippen LogP contribution is -2.44. The number of esters is 1. The second kappa shape index (κ2) is 7.65. The van der Waals surface area contributed by atoms with Crippen molar-refractivity contribution in [3.63, 3.8) is 0 Å². The number of carboxylic acids is 1. The van der Waals surface area contributed by atoms with E-state index in [9.17, 15) is 14.4 Å². The molecule has 0 aliphatic heterocycles. The molecule has 2 atom stereocenters. The predicted molar refractivity (Wildman–Crippen MR) is 63.6 cm³/mol. The first-order valence-electron chi connectivity index (χ1n) is 5.69. The first-order valence-corrected chi connectivity index (χ1v) is 5.69. The van der Waals surface area contributed by atoms with Gasteiger partial charge in [-0.2, -0.15) is 0 Å². The number of hydrogen-bond acceptors (Lipinski definition) is 5. The Bertz CT molecular complexity index is 317. The van der Waals surface area contributed by atoms with Gasteiger partial charge in [-0.25, -0.2) is 0 Å². The number of aliphatic carboxylic acids is 1. The molecule has 0 fully saturated rings. The van der Waals surface area contributed by atoms with E-state index in [0.29, 0.717) is 0 Å². The first-order chi connectivity index (χ1) is 8.23. The fraction of sp³-hybridized carbons (Fsp3) is 0.727. The number of nitrogens with one attached hydrogen (secondary N) is 1. The van der Waals surface area contributed by atoms with Crippen molar-refractivity contribution in [1.29, 1.82) is 0 Å². The molecule has 0 radical (unpaired) electrons. The number of carbonyl (C=O) groups is 3. The van der Waals surface area contributed by atoms with Crippen molar-refractivity contribution in [1.82, 2.24) is 5.32 Å². The van der Waals surface area contributed by atoms with Gasteiger partial charge in [0.15, 0.2) is 0 Å². The molecule has 7 nitrogen and oxygen atoms in total. The summed E-state index contributed by atoms with van der Waals surface area (Å²) in [5.41, 5.74) is 5.35. The van der Waals surface area contributed by atoms with Crippen LogP contribution in [0.25, 0.3) is 0 Å². The lowest BCUT2D eigenvalue weighted by molar-refractivity contribution is -0.151. The molecule has 0 bridgehead atoms. The van der Waals surface area contributed by atoms with Gasteiger partial charge in [0.2, 0.25) is 5.91 Å². The van der Waals surface area contributed by atoms with Gasteiger partial charge >= 0.3 is 11.9 Å². The van der Waals surface area contributed by atoms with Crippen molar-refractivity contribution < 1.29 is 24.2 Å². The Morgan fingerprint density at radius 1 is 1.28 bits per heavy atom. The van der Waals surface area contributed by atoms with Crippen molar-refractivity contribution in [2.75, 3.05) is 6.54 Å². The molecule has 0 aliphatic rings. The zero-order chi connectivity index (χ0) is 14.3. The summed E-state index contributed by atoms with van der Waals surface area (Å²) in [6.07, 6.45) is -0.665. The van der Waals surface area contributed by atoms with Crippen LogP contribution in [0.1, 0.15) is 27.2 Å². The molecule has 0 saturated heterocycles. The summed E-state index contributed by atoms with van der Waals surface area (Å²) < 4.78 is 4.95. The van der Waals surface area contributed by atoms with Crippen LogP contribution < -0.4 is 11.1 Å². The highest BCUT2D eigenvalue weighted by atomic mass is 16.5. The molecule has 0 spiro atoms. The van der Waals surface area contributed by atoms with Gasteiger partial charge in [0.25, 0.3) is 0 Å². The smallest absolute Gasteiger partial charge is 0.310 e. The molecule has 104 valence electrons. The Labute approximate surface area is 106 Å². The third-order valence-corrected chi connectivity index (χ3v) is 2.07. The van der Waals surface area contributed by atoms with E-state index in [2.05, 4.69) is 5.32 Å². The second-order valence-corrected chi connectivity index (χ2v) is 4.34. The van der Waals surface area contributed by atoms with Gasteiger partial charge in [0.1, 0.15) is 0 Å². The third-order valence-electron chi connectivity index (χ3n) is 2.07. The number of ether oxygens (including phenoxy) is 1. The van der Waals surface area contributed by atoms with Gasteiger partial charge < -0.3 is 20.9 Å². The van der Waals surface area contributed by atoms with Gasteiger partial charge in [-0.15, -0.1) is 0 Å². The van der Waals surface area contributed by atoms with E-state index in [0.717, 1.165) is 0 Å². The van der Waals surface area contributed by atoms with Crippen LogP contribution in [-0.4, -0.2) is 41.6 Å². The average Bonchev–Trinajstić information content (AvgIpc) is 2.23. The zero-order valence-corrected chi connectivity index (χ0v) is 10.8. The molecule has 0 aromatic carbocycles. The summed E-state index contributed by atoms with van der Waals surface area (Å²) in [5, 5.41) is 10.9. The number of carbonyl (C=O) groups excluding carboxylic acids is 2. The Hall–Kier alpha value is -1.63. The molecule has 1 amide bonds. The number of rotatable bonds is 7. The van der Waals surface area contributed by atoms with Crippen LogP contribution in [0.15, 0.2) is 0 Å². The normalized spacial score (nSPS) is 13.8. The zero-order valence-electron chi connectivity index (χ0n) is 10.8. The molecular weight excluding hydrogens is 240 g/mol. The molecule has 0 aromatic heterocycles. The summed E-state index contributed by atoms with van der Waals surface area (Å²) >= 11 is 0. The number of carboxylic acid groups (broad SMARTS) is 1. The van der Waals surface area contributed by atoms with Gasteiger partial charge in [-0.1, -0.05) is 6.92 Å². The molecule has 18 heavy (non-hydrogen) atoms. The number of amides is 1. The molecule has 7 heteroatoms. The van der Waals surface area contributed by atoms with E-state index in [1.807, 2.05) is 0 Å². The van der Waals surface area contributed by atoms with E-state index in [1.54, 1.807) is 20.8 Å². The van der Waals surface area contributed by atoms with E-state index < -0.39 is 36.2 Å². The van der Waals surface area contributed by atoms with Gasteiger partial charge in [0.05, 0.1) is 24.5 Å². The van der Waals surface area contributed by atoms with Crippen molar-refractivity contribution in [2.24, 2.45) is 11.7 Å². The van der Waals surface area contributed by atoms with Crippen LogP contribution in [0, 0.1) is 5.92 Å². The number of hydrogen-bond donors (Lipinski definition) is 3. The first kappa shape index (κ1) is 16.4. The van der Waals surface area contributed by atoms with E-state index in [1.165, 1.54) is 0 Å². The largest absolute Gasteiger partial charge is 0.481 e. The maximum atomic E-state index is 11.4. The van der Waals surface area contributed by atoms with Gasteiger partial charge in [0, 0.05) is 6.54 Å². The quantitative estimate of drug-likeness (QED) is 0.530. The van der Waals surface area contributed by atoms with Crippen molar-refractivity contribution in [3.05, 3.63) is 0 Å². The second-order valence-electron chi connectivity index (χ2n) is 4.34. The van der Waals surface area contributed by atoms with Crippen LogP contribution in [0.2, 0.25) is 0 Å². The van der Waals surface area contributed by atoms with E-state index in [4.69, 9.17) is 15.6 Å². The fourth-order valence-electron chi connectivity index (χ4n) is 1.10. The topological polar surface area (TPSA) is 119 Å². The van der Waals surface area contributed by atoms with Crippen LogP contribution >= 0.6 is 0 Å². The van der Waals surface area contributed by atoms with Crippen molar-refractivity contribution >= 4 is 17.8 Å². The highest BCUT2D eigenvalue weighted by Crippen LogP contribution is 2.00. The molecular formula is C11H20N2O5. The summed E-state index contributed by atoms with van der Waals surface area (Å²) in [4.78, 5) is 33.1. The molecule has 0 aromatic rings. The minimum absolute atomic E-state index is 0.0672. The van der Waals surface area contributed by atoms with Crippen LogP contribution in [-0.2, 0) is 19.1 Å². The predicted octanol–water partition coefficient (Wildman–Crippen LogP) is -0.508. The summed E-state index contributed by atoms with van der Waals surface area (Å²) in [7, 11) is 0. The minimum atomic E-state index is -1.15. The minimum Gasteiger partial charge on any atom is -0.481 e. The fourth-order valence-corrected chi connectivity index (χ4v) is 1.10. The molecule has 0 saturated carbocycles. The maximum Gasteiger partial charge on any atom is 0.310 e. The van der Waals surface area contributed by atoms with E-state index in [-0.39, 0.29) is 12.6 Å². The van der Waals surface area contributed by atoms with Crippen LogP contribution in [0.3, 0.4) is 0 Å². The van der Waals surface area contributed by atoms with Gasteiger partial charge in [-0.05, 0) is 13.8 Å². The third kappa shape index (κ3) is 6.85. The number of nitrogens with two attached hydrogens (primary N) is 1. The summed E-state index contributed by atoms with van der Waals surface area (Å²) in [6.45, 7) is 5.13. The highest BCUT2D eigenvalue weighted by Gasteiger charge is 2.20. The standard InChI is InChI=1S/C11H20N2O5/c1-6(2)18-11(17)7(3)5-13-10(16)8(12)4-9(14)15/h6-8H,4-5,12H2,1-3H3,(H,13,16)(H,14,15)/t7?,8-/m1/s1. The lowest BCUT2D eigenvalue weighted by atomic mass is 10.1. The summed E-state index contributed by atoms with van der Waals surface area (Å²) in [6, 6.07) is -1.11.